The molecule has 2 aliphatic rings. The van der Waals surface area contributed by atoms with E-state index in [-0.39, 0.29) is 18.0 Å². The lowest BCUT2D eigenvalue weighted by molar-refractivity contribution is -0.124. The Morgan fingerprint density at radius 1 is 1.22 bits per heavy atom. The van der Waals surface area contributed by atoms with Crippen LogP contribution in [0.5, 0.6) is 0 Å². The Morgan fingerprint density at radius 3 is 2.81 bits per heavy atom. The lowest BCUT2D eigenvalue weighted by Gasteiger charge is -2.24. The van der Waals surface area contributed by atoms with Crippen LogP contribution in [0.3, 0.4) is 0 Å². The van der Waals surface area contributed by atoms with Gasteiger partial charge in [-0.15, -0.1) is 0 Å². The minimum Gasteiger partial charge on any atom is -0.352 e. The van der Waals surface area contributed by atoms with Gasteiger partial charge in [-0.1, -0.05) is 12.1 Å². The third-order valence-corrected chi connectivity index (χ3v) is 5.64. The molecule has 6 nitrogen and oxygen atoms in total. The zero-order valence-electron chi connectivity index (χ0n) is 16.1. The molecular weight excluding hydrogens is 340 g/mol. The van der Waals surface area contributed by atoms with Crippen molar-refractivity contribution in [2.24, 2.45) is 7.05 Å². The molecule has 144 valence electrons. The molecule has 0 radical (unpaired) electrons. The zero-order chi connectivity index (χ0) is 19.0. The van der Waals surface area contributed by atoms with Gasteiger partial charge in [0.25, 0.3) is 0 Å². The van der Waals surface area contributed by atoms with E-state index in [1.54, 1.807) is 4.90 Å². The number of likely N-dealkylation sites (tertiary alicyclic amines) is 1. The summed E-state index contributed by atoms with van der Waals surface area (Å²) in [4.78, 5) is 26.6. The van der Waals surface area contributed by atoms with Gasteiger partial charge in [-0.25, -0.2) is 4.79 Å². The Labute approximate surface area is 159 Å². The van der Waals surface area contributed by atoms with E-state index in [0.717, 1.165) is 32.1 Å². The van der Waals surface area contributed by atoms with Crippen molar-refractivity contribution >= 4 is 22.8 Å². The molecule has 1 aliphatic heterocycles. The van der Waals surface area contributed by atoms with E-state index >= 15 is 0 Å². The van der Waals surface area contributed by atoms with Gasteiger partial charge in [-0.3, -0.25) is 4.79 Å². The molecule has 1 unspecified atom stereocenters. The molecule has 2 aromatic rings. The smallest absolute Gasteiger partial charge is 0.318 e. The van der Waals surface area contributed by atoms with Crippen LogP contribution in [0.1, 0.15) is 36.8 Å². The summed E-state index contributed by atoms with van der Waals surface area (Å²) >= 11 is 0. The fourth-order valence-corrected chi connectivity index (χ4v) is 3.99. The van der Waals surface area contributed by atoms with Crippen LogP contribution in [-0.4, -0.2) is 46.6 Å². The van der Waals surface area contributed by atoms with E-state index in [1.807, 2.05) is 0 Å². The Balaban J connectivity index is 1.34. The number of amides is 3. The predicted molar refractivity (Wildman–Crippen MR) is 106 cm³/mol. The Bertz CT molecular complexity index is 868. The molecule has 0 bridgehead atoms. The van der Waals surface area contributed by atoms with E-state index in [1.165, 1.54) is 22.0 Å². The van der Waals surface area contributed by atoms with E-state index in [9.17, 15) is 9.59 Å². The van der Waals surface area contributed by atoms with E-state index in [2.05, 4.69) is 53.6 Å². The van der Waals surface area contributed by atoms with Crippen LogP contribution < -0.4 is 10.6 Å². The maximum absolute atomic E-state index is 12.6. The van der Waals surface area contributed by atoms with Crippen LogP contribution in [0.4, 0.5) is 4.79 Å². The first kappa shape index (κ1) is 17.9. The highest BCUT2D eigenvalue weighted by Crippen LogP contribution is 2.23. The first-order valence-electron chi connectivity index (χ1n) is 9.92. The average molecular weight is 368 g/mol. The van der Waals surface area contributed by atoms with Crippen molar-refractivity contribution in [3.63, 3.8) is 0 Å². The summed E-state index contributed by atoms with van der Waals surface area (Å²) in [6.45, 7) is 3.32. The number of nitrogens with zero attached hydrogens (tertiary/aromatic N) is 2. The van der Waals surface area contributed by atoms with Crippen molar-refractivity contribution in [2.75, 3.05) is 13.1 Å². The van der Waals surface area contributed by atoms with Crippen molar-refractivity contribution in [2.45, 2.75) is 51.1 Å². The van der Waals surface area contributed by atoms with E-state index in [4.69, 9.17) is 0 Å². The predicted octanol–water partition coefficient (Wildman–Crippen LogP) is 2.48. The third kappa shape index (κ3) is 3.80. The summed E-state index contributed by atoms with van der Waals surface area (Å²) < 4.78 is 2.14. The van der Waals surface area contributed by atoms with Crippen LogP contribution in [-0.2, 0) is 18.3 Å². The lowest BCUT2D eigenvalue weighted by atomic mass is 10.1. The summed E-state index contributed by atoms with van der Waals surface area (Å²) in [5.74, 6) is 0.00886. The second-order valence-corrected chi connectivity index (χ2v) is 7.90. The van der Waals surface area contributed by atoms with Crippen molar-refractivity contribution in [3.8, 4) is 0 Å². The maximum atomic E-state index is 12.6. The number of hydrogen-bond acceptors (Lipinski definition) is 2. The number of aryl methyl sites for hydroxylation is 2. The number of hydrogen-bond donors (Lipinski definition) is 2. The quantitative estimate of drug-likeness (QED) is 0.851. The molecule has 2 fully saturated rings. The molecule has 4 rings (SSSR count). The maximum Gasteiger partial charge on any atom is 0.318 e. The SMILES string of the molecule is Cc1ccc2c(CCNC(=O)N3CCCC3C(=O)NC3CC3)cn(C)c2c1. The largest absolute Gasteiger partial charge is 0.352 e. The third-order valence-electron chi connectivity index (χ3n) is 5.64. The molecule has 0 spiro atoms. The molecule has 1 aromatic carbocycles. The van der Waals surface area contributed by atoms with Crippen LogP contribution in [0.25, 0.3) is 10.9 Å². The number of urea groups is 1. The van der Waals surface area contributed by atoms with Crippen LogP contribution >= 0.6 is 0 Å². The Kier molecular flexibility index (Phi) is 4.81. The highest BCUT2D eigenvalue weighted by atomic mass is 16.2. The molecule has 1 saturated heterocycles. The topological polar surface area (TPSA) is 66.4 Å². The van der Waals surface area contributed by atoms with Gasteiger partial charge in [0.1, 0.15) is 6.04 Å². The molecule has 6 heteroatoms. The van der Waals surface area contributed by atoms with Crippen molar-refractivity contribution < 1.29 is 9.59 Å². The van der Waals surface area contributed by atoms with Gasteiger partial charge >= 0.3 is 6.03 Å². The number of carbonyl (C=O) groups is 2. The van der Waals surface area contributed by atoms with Gasteiger partial charge in [-0.05, 0) is 56.2 Å². The first-order chi connectivity index (χ1) is 13.0. The molecular formula is C21H28N4O2. The Morgan fingerprint density at radius 2 is 2.04 bits per heavy atom. The highest BCUT2D eigenvalue weighted by Gasteiger charge is 2.36. The van der Waals surface area contributed by atoms with Gasteiger partial charge in [-0.2, -0.15) is 0 Å². The molecule has 1 atom stereocenters. The van der Waals surface area contributed by atoms with E-state index < -0.39 is 0 Å². The summed E-state index contributed by atoms with van der Waals surface area (Å²) in [5.41, 5.74) is 3.69. The monoisotopic (exact) mass is 368 g/mol. The standard InChI is InChI=1S/C21H28N4O2/c1-14-5-8-17-15(13-24(2)19(17)12-14)9-10-22-21(27)25-11-3-4-18(25)20(26)23-16-6-7-16/h5,8,12-13,16,18H,3-4,6-7,9-11H2,1-2H3,(H,22,27)(H,23,26). The number of benzene rings is 1. The molecule has 1 aliphatic carbocycles. The number of carbonyl (C=O) groups excluding carboxylic acids is 2. The molecule has 27 heavy (non-hydrogen) atoms. The summed E-state index contributed by atoms with van der Waals surface area (Å²) in [7, 11) is 2.05. The second kappa shape index (κ2) is 7.25. The minimum absolute atomic E-state index is 0.00886. The van der Waals surface area contributed by atoms with Crippen LogP contribution in [0.15, 0.2) is 24.4 Å². The van der Waals surface area contributed by atoms with Crippen LogP contribution in [0.2, 0.25) is 0 Å². The molecule has 2 N–H and O–H groups in total. The van der Waals surface area contributed by atoms with Crippen molar-refractivity contribution in [1.82, 2.24) is 20.1 Å². The summed E-state index contributed by atoms with van der Waals surface area (Å²) in [5, 5.41) is 7.27. The van der Waals surface area contributed by atoms with Crippen molar-refractivity contribution in [1.29, 1.82) is 0 Å². The lowest BCUT2D eigenvalue weighted by Crippen LogP contribution is -2.50. The zero-order valence-corrected chi connectivity index (χ0v) is 16.1. The minimum atomic E-state index is -0.314. The summed E-state index contributed by atoms with van der Waals surface area (Å²) in [6, 6.07) is 6.35. The highest BCUT2D eigenvalue weighted by molar-refractivity contribution is 5.88. The van der Waals surface area contributed by atoms with E-state index in [0.29, 0.717) is 19.1 Å². The molecule has 3 amide bonds. The molecule has 2 heterocycles. The van der Waals surface area contributed by atoms with Gasteiger partial charge < -0.3 is 20.1 Å². The first-order valence-corrected chi connectivity index (χ1v) is 9.92. The van der Waals surface area contributed by atoms with Crippen LogP contribution in [0, 0.1) is 6.92 Å². The fourth-order valence-electron chi connectivity index (χ4n) is 3.99. The number of fused-ring (bicyclic) bond motifs is 1. The number of nitrogens with one attached hydrogen (secondary N) is 2. The van der Waals surface area contributed by atoms with Gasteiger partial charge in [0.15, 0.2) is 0 Å². The van der Waals surface area contributed by atoms with Gasteiger partial charge in [0.2, 0.25) is 5.91 Å². The van der Waals surface area contributed by atoms with Gasteiger partial charge in [0.05, 0.1) is 0 Å². The normalized spacial score (nSPS) is 19.5. The van der Waals surface area contributed by atoms with Gasteiger partial charge in [0, 0.05) is 43.3 Å². The molecule has 1 aromatic heterocycles. The summed E-state index contributed by atoms with van der Waals surface area (Å²) in [6.07, 6.45) is 6.69. The average Bonchev–Trinajstić information content (AvgIpc) is 3.21. The number of rotatable bonds is 5. The number of aromatic nitrogens is 1. The van der Waals surface area contributed by atoms with Crippen molar-refractivity contribution in [3.05, 3.63) is 35.5 Å². The fraction of sp³-hybridized carbons (Fsp3) is 0.524. The Hall–Kier alpha value is -2.50. The molecule has 1 saturated carbocycles. The second-order valence-electron chi connectivity index (χ2n) is 7.90.